The molecule has 5 nitrogen and oxygen atoms in total. The van der Waals surface area contributed by atoms with Crippen LogP contribution >= 0.6 is 15.9 Å². The Morgan fingerprint density at radius 3 is 3.06 bits per heavy atom. The molecular weight excluding hydrogens is 286 g/mol. The minimum absolute atomic E-state index is 0.387. The number of guanidine groups is 1. The Kier molecular flexibility index (Phi) is 2.31. The molecule has 0 fully saturated rings. The molecule has 2 aliphatic heterocycles. The second-order valence-corrected chi connectivity index (χ2v) is 5.00. The van der Waals surface area contributed by atoms with Gasteiger partial charge in [0.2, 0.25) is 11.7 Å². The first kappa shape index (κ1) is 10.9. The van der Waals surface area contributed by atoms with Gasteiger partial charge >= 0.3 is 0 Å². The van der Waals surface area contributed by atoms with E-state index in [0.717, 1.165) is 15.8 Å². The van der Waals surface area contributed by atoms with Crippen LogP contribution in [0.25, 0.3) is 0 Å². The average Bonchev–Trinajstić information content (AvgIpc) is 2.57. The molecule has 0 bridgehead atoms. The third-order valence-corrected chi connectivity index (χ3v) is 3.46. The third kappa shape index (κ3) is 1.59. The summed E-state index contributed by atoms with van der Waals surface area (Å²) in [6.45, 7) is 0.569. The van der Waals surface area contributed by atoms with Gasteiger partial charge in [-0.2, -0.15) is 0 Å². The van der Waals surface area contributed by atoms with E-state index >= 15 is 0 Å². The molecule has 0 radical (unpaired) electrons. The van der Waals surface area contributed by atoms with Crippen LogP contribution in [0.5, 0.6) is 5.75 Å². The maximum atomic E-state index is 5.79. The van der Waals surface area contributed by atoms with Crippen molar-refractivity contribution in [2.24, 2.45) is 10.7 Å². The van der Waals surface area contributed by atoms with E-state index in [0.29, 0.717) is 19.0 Å². The van der Waals surface area contributed by atoms with Crippen molar-refractivity contribution in [3.05, 3.63) is 28.2 Å². The number of halogens is 1. The molecule has 6 heteroatoms. The fraction of sp³-hybridized carbons (Fsp3) is 0.364. The van der Waals surface area contributed by atoms with Gasteiger partial charge < -0.3 is 10.5 Å². The Morgan fingerprint density at radius 1 is 1.53 bits per heavy atom. The van der Waals surface area contributed by atoms with E-state index in [9.17, 15) is 0 Å². The molecule has 2 heterocycles. The van der Waals surface area contributed by atoms with Crippen LogP contribution in [0, 0.1) is 0 Å². The predicted octanol–water partition coefficient (Wildman–Crippen LogP) is 1.58. The van der Waals surface area contributed by atoms with Crippen molar-refractivity contribution in [1.29, 1.82) is 0 Å². The lowest BCUT2D eigenvalue weighted by molar-refractivity contribution is -0.183. The predicted molar refractivity (Wildman–Crippen MR) is 66.4 cm³/mol. The first-order valence-corrected chi connectivity index (χ1v) is 6.11. The number of ether oxygens (including phenoxy) is 1. The highest BCUT2D eigenvalue weighted by molar-refractivity contribution is 9.10. The highest BCUT2D eigenvalue weighted by Crippen LogP contribution is 2.44. The van der Waals surface area contributed by atoms with Gasteiger partial charge in [0.05, 0.1) is 12.2 Å². The average molecular weight is 298 g/mol. The molecule has 0 aliphatic carbocycles. The van der Waals surface area contributed by atoms with Gasteiger partial charge in [0.25, 0.3) is 0 Å². The zero-order valence-electron chi connectivity index (χ0n) is 9.31. The summed E-state index contributed by atoms with van der Waals surface area (Å²) in [5, 5.41) is 1.50. The van der Waals surface area contributed by atoms with Gasteiger partial charge in [-0.3, -0.25) is 0 Å². The molecule has 2 aliphatic rings. The smallest absolute Gasteiger partial charge is 0.221 e. The molecule has 1 atom stereocenters. The fourth-order valence-corrected chi connectivity index (χ4v) is 2.49. The summed E-state index contributed by atoms with van der Waals surface area (Å²) in [4.78, 5) is 10.2. The van der Waals surface area contributed by atoms with Crippen LogP contribution in [0.1, 0.15) is 12.0 Å². The van der Waals surface area contributed by atoms with Crippen LogP contribution in [0.2, 0.25) is 0 Å². The van der Waals surface area contributed by atoms with Crippen molar-refractivity contribution >= 4 is 21.9 Å². The number of hydrogen-bond donors (Lipinski definition) is 1. The highest BCUT2D eigenvalue weighted by Gasteiger charge is 2.45. The van der Waals surface area contributed by atoms with E-state index in [-0.39, 0.29) is 0 Å². The number of aliphatic imine (C=N–C) groups is 1. The van der Waals surface area contributed by atoms with Crippen LogP contribution < -0.4 is 10.5 Å². The lowest BCUT2D eigenvalue weighted by Gasteiger charge is -2.32. The van der Waals surface area contributed by atoms with E-state index < -0.39 is 5.72 Å². The van der Waals surface area contributed by atoms with Crippen LogP contribution in [0.3, 0.4) is 0 Å². The summed E-state index contributed by atoms with van der Waals surface area (Å²) >= 11 is 3.45. The van der Waals surface area contributed by atoms with Crippen LogP contribution in [0.4, 0.5) is 0 Å². The summed E-state index contributed by atoms with van der Waals surface area (Å²) in [7, 11) is 1.75. The van der Waals surface area contributed by atoms with Crippen molar-refractivity contribution in [3.8, 4) is 5.75 Å². The van der Waals surface area contributed by atoms with E-state index in [1.165, 1.54) is 5.06 Å². The van der Waals surface area contributed by atoms with Crippen molar-refractivity contribution in [1.82, 2.24) is 5.06 Å². The van der Waals surface area contributed by atoms with Crippen molar-refractivity contribution in [2.45, 2.75) is 12.1 Å². The number of hydroxylamine groups is 2. The second kappa shape index (κ2) is 3.61. The highest BCUT2D eigenvalue weighted by atomic mass is 79.9. The lowest BCUT2D eigenvalue weighted by Crippen LogP contribution is -2.35. The van der Waals surface area contributed by atoms with E-state index in [4.69, 9.17) is 15.3 Å². The van der Waals surface area contributed by atoms with Crippen molar-refractivity contribution in [2.75, 3.05) is 13.7 Å². The van der Waals surface area contributed by atoms with Crippen LogP contribution in [-0.4, -0.2) is 24.7 Å². The summed E-state index contributed by atoms with van der Waals surface area (Å²) in [5.41, 5.74) is 5.96. The van der Waals surface area contributed by atoms with Crippen LogP contribution in [0.15, 0.2) is 27.7 Å². The van der Waals surface area contributed by atoms with Crippen molar-refractivity contribution < 1.29 is 9.57 Å². The number of nitrogens with zero attached hydrogens (tertiary/aromatic N) is 2. The summed E-state index contributed by atoms with van der Waals surface area (Å²) in [6.07, 6.45) is 0.654. The van der Waals surface area contributed by atoms with Gasteiger partial charge in [0, 0.05) is 17.9 Å². The van der Waals surface area contributed by atoms with Gasteiger partial charge in [0.15, 0.2) is 0 Å². The molecule has 1 unspecified atom stereocenters. The minimum Gasteiger partial charge on any atom is -0.493 e. The molecule has 0 aromatic heterocycles. The monoisotopic (exact) mass is 297 g/mol. The number of hydrogen-bond acceptors (Lipinski definition) is 5. The minimum atomic E-state index is -0.726. The third-order valence-electron chi connectivity index (χ3n) is 2.97. The van der Waals surface area contributed by atoms with E-state index in [1.54, 1.807) is 7.05 Å². The Hall–Kier alpha value is -1.27. The van der Waals surface area contributed by atoms with Crippen molar-refractivity contribution in [3.63, 3.8) is 0 Å². The topological polar surface area (TPSA) is 60.1 Å². The van der Waals surface area contributed by atoms with Crippen LogP contribution in [-0.2, 0) is 10.6 Å². The van der Waals surface area contributed by atoms with Gasteiger partial charge in [-0.05, 0) is 18.2 Å². The maximum absolute atomic E-state index is 5.79. The summed E-state index contributed by atoms with van der Waals surface area (Å²) in [5.74, 6) is 1.18. The Balaban J connectivity index is 2.14. The van der Waals surface area contributed by atoms with Gasteiger partial charge in [0.1, 0.15) is 5.75 Å². The zero-order valence-corrected chi connectivity index (χ0v) is 10.9. The molecule has 1 spiro atoms. The Labute approximate surface area is 107 Å². The zero-order chi connectivity index (χ0) is 12.0. The number of rotatable bonds is 0. The number of benzene rings is 1. The van der Waals surface area contributed by atoms with E-state index in [2.05, 4.69) is 20.9 Å². The number of fused-ring (bicyclic) bond motifs is 2. The SMILES string of the molecule is CN1OC2(CCOc3ccc(Br)cc32)N=C1N. The molecule has 1 aromatic carbocycles. The molecule has 2 N–H and O–H groups in total. The summed E-state index contributed by atoms with van der Waals surface area (Å²) in [6, 6.07) is 5.81. The Bertz CT molecular complexity index is 505. The molecule has 0 amide bonds. The first-order chi connectivity index (χ1) is 8.11. The van der Waals surface area contributed by atoms with Gasteiger partial charge in [-0.15, -0.1) is 0 Å². The molecule has 0 saturated heterocycles. The quantitative estimate of drug-likeness (QED) is 0.790. The normalized spacial score (nSPS) is 26.7. The molecule has 0 saturated carbocycles. The fourth-order valence-electron chi connectivity index (χ4n) is 2.13. The number of nitrogens with two attached hydrogens (primary N) is 1. The lowest BCUT2D eigenvalue weighted by atomic mass is 9.97. The van der Waals surface area contributed by atoms with Gasteiger partial charge in [-0.1, -0.05) is 15.9 Å². The molecule has 3 rings (SSSR count). The standard InChI is InChI=1S/C11H12BrN3O2/c1-15-10(13)14-11(17-15)4-5-16-9-3-2-7(12)6-8(9)11/h2-3,6H,4-5H2,1H3,(H2,13,14). The van der Waals surface area contributed by atoms with E-state index in [1.807, 2.05) is 18.2 Å². The Morgan fingerprint density at radius 2 is 2.35 bits per heavy atom. The molecular formula is C11H12BrN3O2. The molecule has 90 valence electrons. The largest absolute Gasteiger partial charge is 0.493 e. The summed E-state index contributed by atoms with van der Waals surface area (Å²) < 4.78 is 6.57. The second-order valence-electron chi connectivity index (χ2n) is 4.08. The molecule has 17 heavy (non-hydrogen) atoms. The maximum Gasteiger partial charge on any atom is 0.221 e. The van der Waals surface area contributed by atoms with Gasteiger partial charge in [-0.25, -0.2) is 14.9 Å². The first-order valence-electron chi connectivity index (χ1n) is 5.32. The molecule has 1 aromatic rings.